The van der Waals surface area contributed by atoms with Gasteiger partial charge in [-0.3, -0.25) is 0 Å². The quantitative estimate of drug-likeness (QED) is 0.295. The molecule has 0 unspecified atom stereocenters. The van der Waals surface area contributed by atoms with Gasteiger partial charge in [0.05, 0.1) is 11.2 Å². The molecule has 0 amide bonds. The smallest absolute Gasteiger partial charge is 0.0716 e. The van der Waals surface area contributed by atoms with E-state index < -0.39 is 0 Å². The predicted molar refractivity (Wildman–Crippen MR) is 130 cm³/mol. The topological polar surface area (TPSA) is 12.9 Å². The van der Waals surface area contributed by atoms with Crippen molar-refractivity contribution in [3.63, 3.8) is 0 Å². The standard InChI is InChI=1S/C30H23N/c1-30(2)26-14-8-6-12-22(26)23-17-16-21(18-27(23)30)29-19-25(20-10-4-3-5-11-20)24-13-7-9-15-28(24)31-29/h3-19H,1-2H3. The van der Waals surface area contributed by atoms with E-state index in [1.807, 2.05) is 0 Å². The third-order valence-electron chi connectivity index (χ3n) is 6.68. The van der Waals surface area contributed by atoms with Gasteiger partial charge in [0.2, 0.25) is 0 Å². The van der Waals surface area contributed by atoms with Crippen LogP contribution >= 0.6 is 0 Å². The van der Waals surface area contributed by atoms with Crippen molar-refractivity contribution in [1.29, 1.82) is 0 Å². The van der Waals surface area contributed by atoms with Crippen molar-refractivity contribution in [3.8, 4) is 33.5 Å². The fourth-order valence-corrected chi connectivity index (χ4v) is 5.04. The molecule has 6 rings (SSSR count). The highest BCUT2D eigenvalue weighted by Gasteiger charge is 2.35. The minimum atomic E-state index is -0.0129. The SMILES string of the molecule is CC1(C)c2ccccc2-c2ccc(-c3cc(-c4ccccc4)c4ccccc4n3)cc21. The van der Waals surface area contributed by atoms with Crippen LogP contribution in [0.4, 0.5) is 0 Å². The second-order valence-electron chi connectivity index (χ2n) is 8.87. The fraction of sp³-hybridized carbons (Fsp3) is 0.100. The molecule has 0 aliphatic heterocycles. The van der Waals surface area contributed by atoms with Crippen molar-refractivity contribution in [2.75, 3.05) is 0 Å². The molecule has 0 bridgehead atoms. The Kier molecular flexibility index (Phi) is 3.88. The molecule has 0 N–H and O–H groups in total. The van der Waals surface area contributed by atoms with Gasteiger partial charge in [-0.2, -0.15) is 0 Å². The van der Waals surface area contributed by atoms with Gasteiger partial charge in [0.25, 0.3) is 0 Å². The summed E-state index contributed by atoms with van der Waals surface area (Å²) in [6, 6.07) is 36.9. The van der Waals surface area contributed by atoms with E-state index in [0.29, 0.717) is 0 Å². The molecule has 31 heavy (non-hydrogen) atoms. The van der Waals surface area contributed by atoms with E-state index >= 15 is 0 Å². The van der Waals surface area contributed by atoms with E-state index in [9.17, 15) is 0 Å². The van der Waals surface area contributed by atoms with Gasteiger partial charge < -0.3 is 0 Å². The van der Waals surface area contributed by atoms with Crippen molar-refractivity contribution < 1.29 is 0 Å². The summed E-state index contributed by atoms with van der Waals surface area (Å²) in [4.78, 5) is 5.05. The molecule has 5 aromatic rings. The zero-order chi connectivity index (χ0) is 21.0. The zero-order valence-corrected chi connectivity index (χ0v) is 17.8. The van der Waals surface area contributed by atoms with Crippen LogP contribution in [0.5, 0.6) is 0 Å². The van der Waals surface area contributed by atoms with E-state index in [4.69, 9.17) is 4.98 Å². The Morgan fingerprint density at radius 3 is 2.13 bits per heavy atom. The lowest BCUT2D eigenvalue weighted by atomic mass is 9.82. The van der Waals surface area contributed by atoms with E-state index in [2.05, 4.69) is 117 Å². The summed E-state index contributed by atoms with van der Waals surface area (Å²) in [5.74, 6) is 0. The lowest BCUT2D eigenvalue weighted by molar-refractivity contribution is 0.660. The monoisotopic (exact) mass is 397 g/mol. The molecule has 1 heteroatoms. The van der Waals surface area contributed by atoms with E-state index in [0.717, 1.165) is 11.2 Å². The van der Waals surface area contributed by atoms with Crippen molar-refractivity contribution in [3.05, 3.63) is 114 Å². The number of rotatable bonds is 2. The molecule has 1 aliphatic rings. The highest BCUT2D eigenvalue weighted by Crippen LogP contribution is 2.49. The Hall–Kier alpha value is -3.71. The summed E-state index contributed by atoms with van der Waals surface area (Å²) in [7, 11) is 0. The van der Waals surface area contributed by atoms with Crippen LogP contribution < -0.4 is 0 Å². The Morgan fingerprint density at radius 2 is 1.26 bits per heavy atom. The Morgan fingerprint density at radius 1 is 0.548 bits per heavy atom. The van der Waals surface area contributed by atoms with E-state index in [1.54, 1.807) is 0 Å². The summed E-state index contributed by atoms with van der Waals surface area (Å²) in [5.41, 5.74) is 11.1. The first-order valence-electron chi connectivity index (χ1n) is 10.8. The molecule has 0 saturated carbocycles. The van der Waals surface area contributed by atoms with Gasteiger partial charge in [-0.05, 0) is 51.6 Å². The van der Waals surface area contributed by atoms with Gasteiger partial charge in [-0.15, -0.1) is 0 Å². The molecule has 148 valence electrons. The maximum Gasteiger partial charge on any atom is 0.0716 e. The molecular weight excluding hydrogens is 374 g/mol. The zero-order valence-electron chi connectivity index (χ0n) is 17.8. The first-order valence-corrected chi connectivity index (χ1v) is 10.8. The van der Waals surface area contributed by atoms with Gasteiger partial charge in [-0.1, -0.05) is 98.8 Å². The molecular formula is C30H23N. The molecule has 1 nitrogen and oxygen atoms in total. The van der Waals surface area contributed by atoms with Crippen molar-refractivity contribution in [2.24, 2.45) is 0 Å². The highest BCUT2D eigenvalue weighted by atomic mass is 14.7. The number of benzene rings is 4. The van der Waals surface area contributed by atoms with Gasteiger partial charge in [-0.25, -0.2) is 4.98 Å². The number of hydrogen-bond donors (Lipinski definition) is 0. The van der Waals surface area contributed by atoms with Gasteiger partial charge in [0.15, 0.2) is 0 Å². The van der Waals surface area contributed by atoms with Gasteiger partial charge >= 0.3 is 0 Å². The minimum absolute atomic E-state index is 0.0129. The average Bonchev–Trinajstić information content (AvgIpc) is 3.06. The molecule has 0 atom stereocenters. The molecule has 0 radical (unpaired) electrons. The third-order valence-corrected chi connectivity index (χ3v) is 6.68. The molecule has 4 aromatic carbocycles. The second kappa shape index (κ2) is 6.65. The third kappa shape index (κ3) is 2.74. The van der Waals surface area contributed by atoms with E-state index in [-0.39, 0.29) is 5.41 Å². The molecule has 0 fully saturated rings. The lowest BCUT2D eigenvalue weighted by Crippen LogP contribution is -2.14. The number of nitrogens with zero attached hydrogens (tertiary/aromatic N) is 1. The summed E-state index contributed by atoms with van der Waals surface area (Å²) in [6.45, 7) is 4.65. The summed E-state index contributed by atoms with van der Waals surface area (Å²) < 4.78 is 0. The van der Waals surface area contributed by atoms with Crippen LogP contribution in [0.25, 0.3) is 44.4 Å². The summed E-state index contributed by atoms with van der Waals surface area (Å²) >= 11 is 0. The van der Waals surface area contributed by atoms with Crippen LogP contribution in [0.1, 0.15) is 25.0 Å². The van der Waals surface area contributed by atoms with Crippen LogP contribution in [0.15, 0.2) is 103 Å². The number of fused-ring (bicyclic) bond motifs is 4. The first kappa shape index (κ1) is 18.1. The minimum Gasteiger partial charge on any atom is -0.248 e. The Labute approximate surface area is 183 Å². The van der Waals surface area contributed by atoms with Crippen LogP contribution in [0.2, 0.25) is 0 Å². The highest BCUT2D eigenvalue weighted by molar-refractivity contribution is 5.97. The molecule has 1 heterocycles. The van der Waals surface area contributed by atoms with Crippen LogP contribution in [0, 0.1) is 0 Å². The number of pyridine rings is 1. The average molecular weight is 398 g/mol. The van der Waals surface area contributed by atoms with Crippen molar-refractivity contribution >= 4 is 10.9 Å². The number of hydrogen-bond acceptors (Lipinski definition) is 1. The van der Waals surface area contributed by atoms with Gasteiger partial charge in [0.1, 0.15) is 0 Å². The normalized spacial score (nSPS) is 13.7. The van der Waals surface area contributed by atoms with Gasteiger partial charge in [0, 0.05) is 16.4 Å². The molecule has 1 aromatic heterocycles. The van der Waals surface area contributed by atoms with Crippen LogP contribution in [0.3, 0.4) is 0 Å². The molecule has 0 spiro atoms. The van der Waals surface area contributed by atoms with Crippen LogP contribution in [-0.4, -0.2) is 4.98 Å². The molecule has 1 aliphatic carbocycles. The Bertz CT molecular complexity index is 1440. The summed E-state index contributed by atoms with van der Waals surface area (Å²) in [6.07, 6.45) is 0. The van der Waals surface area contributed by atoms with Crippen LogP contribution in [-0.2, 0) is 5.41 Å². The largest absolute Gasteiger partial charge is 0.248 e. The number of aromatic nitrogens is 1. The maximum absolute atomic E-state index is 5.05. The van der Waals surface area contributed by atoms with E-state index in [1.165, 1.54) is 44.3 Å². The second-order valence-corrected chi connectivity index (χ2v) is 8.87. The van der Waals surface area contributed by atoms with Crippen molar-refractivity contribution in [1.82, 2.24) is 4.98 Å². The first-order chi connectivity index (χ1) is 15.1. The van der Waals surface area contributed by atoms with Crippen molar-refractivity contribution in [2.45, 2.75) is 19.3 Å². The molecule has 0 saturated heterocycles. The summed E-state index contributed by atoms with van der Waals surface area (Å²) in [5, 5.41) is 1.19. The maximum atomic E-state index is 5.05. The number of para-hydroxylation sites is 1. The fourth-order valence-electron chi connectivity index (χ4n) is 5.04. The Balaban J connectivity index is 1.57. The predicted octanol–water partition coefficient (Wildman–Crippen LogP) is 7.88. The lowest BCUT2D eigenvalue weighted by Gasteiger charge is -2.22.